The van der Waals surface area contributed by atoms with Gasteiger partial charge in [0.25, 0.3) is 0 Å². The van der Waals surface area contributed by atoms with E-state index in [9.17, 15) is 0 Å². The van der Waals surface area contributed by atoms with Crippen molar-refractivity contribution in [1.82, 2.24) is 5.32 Å². The number of nitrogens with one attached hydrogen (secondary N) is 1. The first-order valence-electron chi connectivity index (χ1n) is 7.28. The first kappa shape index (κ1) is 14.9. The predicted molar refractivity (Wildman–Crippen MR) is 80.7 cm³/mol. The van der Waals surface area contributed by atoms with Crippen LogP contribution in [0.25, 0.3) is 0 Å². The van der Waals surface area contributed by atoms with Crippen molar-refractivity contribution < 1.29 is 9.15 Å². The molecule has 3 nitrogen and oxygen atoms in total. The Balaban J connectivity index is 1.81. The van der Waals surface area contributed by atoms with Crippen molar-refractivity contribution in [3.63, 3.8) is 0 Å². The number of thioether (sulfide) groups is 1. The first-order valence-corrected chi connectivity index (χ1v) is 8.26. The predicted octanol–water partition coefficient (Wildman–Crippen LogP) is 3.23. The van der Waals surface area contributed by atoms with Crippen molar-refractivity contribution in [1.29, 1.82) is 0 Å². The summed E-state index contributed by atoms with van der Waals surface area (Å²) >= 11 is 2.07. The molecule has 1 saturated heterocycles. The first-order chi connectivity index (χ1) is 9.28. The van der Waals surface area contributed by atoms with Gasteiger partial charge in [0.15, 0.2) is 0 Å². The zero-order chi connectivity index (χ0) is 13.6. The van der Waals surface area contributed by atoms with Crippen LogP contribution in [0.4, 0.5) is 0 Å². The Hall–Kier alpha value is -0.450. The molecule has 1 N–H and O–H groups in total. The molecule has 1 aromatic rings. The monoisotopic (exact) mass is 283 g/mol. The second-order valence-electron chi connectivity index (χ2n) is 5.05. The smallest absolute Gasteiger partial charge is 0.117 e. The van der Waals surface area contributed by atoms with Crippen LogP contribution in [-0.2, 0) is 17.7 Å². The van der Waals surface area contributed by atoms with E-state index in [2.05, 4.69) is 43.1 Å². The third-order valence-electron chi connectivity index (χ3n) is 3.67. The number of hydrogen-bond donors (Lipinski definition) is 1. The fraction of sp³-hybridized carbons (Fsp3) is 0.733. The van der Waals surface area contributed by atoms with Gasteiger partial charge in [-0.1, -0.05) is 13.8 Å². The lowest BCUT2D eigenvalue weighted by Crippen LogP contribution is -2.42. The van der Waals surface area contributed by atoms with Crippen molar-refractivity contribution in [3.8, 4) is 0 Å². The zero-order valence-electron chi connectivity index (χ0n) is 12.0. The van der Waals surface area contributed by atoms with E-state index in [1.807, 2.05) is 0 Å². The van der Waals surface area contributed by atoms with Crippen LogP contribution < -0.4 is 5.32 Å². The van der Waals surface area contributed by atoms with Crippen LogP contribution in [0.1, 0.15) is 38.2 Å². The quantitative estimate of drug-likeness (QED) is 0.833. The van der Waals surface area contributed by atoms with E-state index in [4.69, 9.17) is 9.15 Å². The lowest BCUT2D eigenvalue weighted by atomic mass is 9.99. The average Bonchev–Trinajstić information content (AvgIpc) is 2.88. The Morgan fingerprint density at radius 1 is 1.21 bits per heavy atom. The highest BCUT2D eigenvalue weighted by Crippen LogP contribution is 2.34. The SMILES string of the molecule is CCSC1(CNCc2ccc(CC)o2)CCOCC1. The molecule has 1 aliphatic rings. The van der Waals surface area contributed by atoms with Gasteiger partial charge in [-0.3, -0.25) is 0 Å². The minimum atomic E-state index is 0.354. The van der Waals surface area contributed by atoms with Gasteiger partial charge in [0.1, 0.15) is 11.5 Å². The van der Waals surface area contributed by atoms with E-state index in [1.54, 1.807) is 0 Å². The van der Waals surface area contributed by atoms with Crippen LogP contribution in [-0.4, -0.2) is 30.3 Å². The maximum atomic E-state index is 5.72. The third kappa shape index (κ3) is 4.26. The number of furan rings is 1. The molecule has 0 amide bonds. The van der Waals surface area contributed by atoms with Gasteiger partial charge in [0.05, 0.1) is 6.54 Å². The molecule has 1 aromatic heterocycles. The molecule has 0 aliphatic carbocycles. The van der Waals surface area contributed by atoms with Gasteiger partial charge in [-0.25, -0.2) is 0 Å². The molecule has 4 heteroatoms. The Bertz CT molecular complexity index is 366. The van der Waals surface area contributed by atoms with E-state index < -0.39 is 0 Å². The summed E-state index contributed by atoms with van der Waals surface area (Å²) in [4.78, 5) is 0. The van der Waals surface area contributed by atoms with Gasteiger partial charge in [-0.2, -0.15) is 11.8 Å². The standard InChI is InChI=1S/C15H25NO2S/c1-3-13-5-6-14(18-13)11-16-12-15(19-4-2)7-9-17-10-8-15/h5-6,16H,3-4,7-12H2,1-2H3. The summed E-state index contributed by atoms with van der Waals surface area (Å²) in [6.07, 6.45) is 3.26. The summed E-state index contributed by atoms with van der Waals surface area (Å²) in [5.41, 5.74) is 0. The molecule has 0 bridgehead atoms. The second kappa shape index (κ2) is 7.36. The molecule has 0 atom stereocenters. The molecule has 1 aliphatic heterocycles. The van der Waals surface area contributed by atoms with Crippen LogP contribution >= 0.6 is 11.8 Å². The van der Waals surface area contributed by atoms with Crippen molar-refractivity contribution in [2.75, 3.05) is 25.5 Å². The zero-order valence-corrected chi connectivity index (χ0v) is 12.9. The second-order valence-corrected chi connectivity index (χ2v) is 6.79. The van der Waals surface area contributed by atoms with Crippen LogP contribution in [0.2, 0.25) is 0 Å². The molecule has 1 fully saturated rings. The molecule has 108 valence electrons. The summed E-state index contributed by atoms with van der Waals surface area (Å²) in [5.74, 6) is 3.28. The Morgan fingerprint density at radius 2 is 1.95 bits per heavy atom. The average molecular weight is 283 g/mol. The Labute approximate surface area is 120 Å². The molecule has 0 unspecified atom stereocenters. The topological polar surface area (TPSA) is 34.4 Å². The van der Waals surface area contributed by atoms with Crippen LogP contribution in [0, 0.1) is 0 Å². The molecule has 2 rings (SSSR count). The highest BCUT2D eigenvalue weighted by Gasteiger charge is 2.32. The van der Waals surface area contributed by atoms with E-state index in [0.717, 1.165) is 57.1 Å². The Kier molecular flexibility index (Phi) is 5.79. The summed E-state index contributed by atoms with van der Waals surface area (Å²) in [7, 11) is 0. The normalized spacial score (nSPS) is 18.6. The highest BCUT2D eigenvalue weighted by molar-refractivity contribution is 8.00. The van der Waals surface area contributed by atoms with E-state index in [1.165, 1.54) is 5.75 Å². The third-order valence-corrected chi connectivity index (χ3v) is 5.12. The summed E-state index contributed by atoms with van der Waals surface area (Å²) in [5, 5.41) is 3.56. The van der Waals surface area contributed by atoms with Gasteiger partial charge in [-0.05, 0) is 30.7 Å². The van der Waals surface area contributed by atoms with Crippen LogP contribution in [0.3, 0.4) is 0 Å². The van der Waals surface area contributed by atoms with Crippen molar-refractivity contribution in [2.24, 2.45) is 0 Å². The van der Waals surface area contributed by atoms with Crippen molar-refractivity contribution in [2.45, 2.75) is 44.4 Å². The molecule has 2 heterocycles. The molecule has 0 saturated carbocycles. The van der Waals surface area contributed by atoms with Crippen LogP contribution in [0.15, 0.2) is 16.5 Å². The van der Waals surface area contributed by atoms with Crippen molar-refractivity contribution in [3.05, 3.63) is 23.7 Å². The van der Waals surface area contributed by atoms with Gasteiger partial charge in [0.2, 0.25) is 0 Å². The fourth-order valence-corrected chi connectivity index (χ4v) is 3.81. The molecule has 0 aromatic carbocycles. The van der Waals surface area contributed by atoms with Gasteiger partial charge < -0.3 is 14.5 Å². The minimum absolute atomic E-state index is 0.354. The molecule has 0 radical (unpaired) electrons. The van der Waals surface area contributed by atoms with E-state index in [0.29, 0.717) is 4.75 Å². The van der Waals surface area contributed by atoms with Crippen LogP contribution in [0.5, 0.6) is 0 Å². The number of ether oxygens (including phenoxy) is 1. The van der Waals surface area contributed by atoms with E-state index >= 15 is 0 Å². The van der Waals surface area contributed by atoms with Crippen molar-refractivity contribution >= 4 is 11.8 Å². The Morgan fingerprint density at radius 3 is 2.58 bits per heavy atom. The maximum absolute atomic E-state index is 5.72. The molecule has 19 heavy (non-hydrogen) atoms. The number of aryl methyl sites for hydroxylation is 1. The lowest BCUT2D eigenvalue weighted by Gasteiger charge is -2.36. The molecular formula is C15H25NO2S. The highest BCUT2D eigenvalue weighted by atomic mass is 32.2. The lowest BCUT2D eigenvalue weighted by molar-refractivity contribution is 0.0770. The van der Waals surface area contributed by atoms with Gasteiger partial charge in [-0.15, -0.1) is 0 Å². The fourth-order valence-electron chi connectivity index (χ4n) is 2.54. The number of rotatable bonds is 7. The summed E-state index contributed by atoms with van der Waals surface area (Å²) < 4.78 is 11.6. The summed E-state index contributed by atoms with van der Waals surface area (Å²) in [6.45, 7) is 8.02. The largest absolute Gasteiger partial charge is 0.465 e. The van der Waals surface area contributed by atoms with E-state index in [-0.39, 0.29) is 0 Å². The van der Waals surface area contributed by atoms with Gasteiger partial charge in [0, 0.05) is 30.9 Å². The maximum Gasteiger partial charge on any atom is 0.117 e. The molecule has 0 spiro atoms. The summed E-state index contributed by atoms with van der Waals surface area (Å²) in [6, 6.07) is 4.15. The molecular weight excluding hydrogens is 258 g/mol. The minimum Gasteiger partial charge on any atom is -0.465 e. The number of hydrogen-bond acceptors (Lipinski definition) is 4. The van der Waals surface area contributed by atoms with Gasteiger partial charge >= 0.3 is 0 Å².